The molecule has 7 heteroatoms. The van der Waals surface area contributed by atoms with E-state index in [1.54, 1.807) is 6.07 Å². The largest absolute Gasteiger partial charge is 0.452 e. The van der Waals surface area contributed by atoms with E-state index in [1.807, 2.05) is 19.1 Å². The van der Waals surface area contributed by atoms with Crippen LogP contribution in [0.2, 0.25) is 0 Å². The van der Waals surface area contributed by atoms with Crippen LogP contribution in [0.1, 0.15) is 29.7 Å². The number of benzene rings is 1. The van der Waals surface area contributed by atoms with Gasteiger partial charge in [0.15, 0.2) is 15.6 Å². The van der Waals surface area contributed by atoms with E-state index in [1.165, 1.54) is 12.5 Å². The van der Waals surface area contributed by atoms with Gasteiger partial charge in [0.25, 0.3) is 0 Å². The van der Waals surface area contributed by atoms with E-state index < -0.39 is 15.1 Å². The van der Waals surface area contributed by atoms with Crippen LogP contribution >= 0.6 is 0 Å². The number of aryl methyl sites for hydroxylation is 1. The van der Waals surface area contributed by atoms with Crippen molar-refractivity contribution in [3.05, 3.63) is 41.2 Å². The molecular formula is C17H19N3O3S. The second kappa shape index (κ2) is 6.29. The fourth-order valence-electron chi connectivity index (χ4n) is 2.86. The molecule has 3 rings (SSSR count). The van der Waals surface area contributed by atoms with Crippen molar-refractivity contribution in [1.29, 1.82) is 5.26 Å². The number of hydrogen-bond donors (Lipinski definition) is 1. The Kier molecular flexibility index (Phi) is 4.33. The number of H-pyrrole nitrogens is 1. The van der Waals surface area contributed by atoms with Crippen LogP contribution in [0.5, 0.6) is 11.5 Å². The van der Waals surface area contributed by atoms with Crippen LogP contribution in [0.3, 0.4) is 0 Å². The second-order valence-electron chi connectivity index (χ2n) is 6.28. The molecular weight excluding hydrogens is 326 g/mol. The number of rotatable bonds is 6. The maximum Gasteiger partial charge on any atom is 0.168 e. The topological polar surface area (TPSA) is 95.8 Å². The molecule has 0 saturated heterocycles. The summed E-state index contributed by atoms with van der Waals surface area (Å²) in [6.45, 7) is 1.84. The smallest absolute Gasteiger partial charge is 0.168 e. The molecule has 0 aliphatic heterocycles. The Morgan fingerprint density at radius 1 is 1.42 bits per heavy atom. The van der Waals surface area contributed by atoms with Crippen LogP contribution in [-0.4, -0.2) is 30.1 Å². The lowest BCUT2D eigenvalue weighted by Gasteiger charge is -2.14. The fraction of sp³-hybridized carbons (Fsp3) is 0.412. The zero-order chi connectivity index (χ0) is 17.3. The van der Waals surface area contributed by atoms with E-state index in [9.17, 15) is 13.7 Å². The molecule has 1 fully saturated rings. The number of aromatic amines is 1. The van der Waals surface area contributed by atoms with Crippen molar-refractivity contribution in [1.82, 2.24) is 10.2 Å². The van der Waals surface area contributed by atoms with E-state index in [-0.39, 0.29) is 5.92 Å². The van der Waals surface area contributed by atoms with Crippen molar-refractivity contribution in [2.45, 2.75) is 31.4 Å². The highest BCUT2D eigenvalue weighted by Gasteiger charge is 2.38. The van der Waals surface area contributed by atoms with Crippen molar-refractivity contribution in [2.75, 3.05) is 6.26 Å². The van der Waals surface area contributed by atoms with Crippen LogP contribution < -0.4 is 4.74 Å². The summed E-state index contributed by atoms with van der Waals surface area (Å²) < 4.78 is 29.9. The van der Waals surface area contributed by atoms with E-state index in [0.29, 0.717) is 29.2 Å². The SMILES string of the molecule is Cc1cccc(Oc2cn[nH]c2CC(C2CC2)S(C)(=O)=O)c1C#N. The Labute approximate surface area is 141 Å². The van der Waals surface area contributed by atoms with Crippen LogP contribution in [0.4, 0.5) is 0 Å². The monoisotopic (exact) mass is 345 g/mol. The maximum atomic E-state index is 12.0. The third kappa shape index (κ3) is 3.44. The number of nitrogens with zero attached hydrogens (tertiary/aromatic N) is 2. The van der Waals surface area contributed by atoms with Gasteiger partial charge in [-0.2, -0.15) is 10.4 Å². The zero-order valence-corrected chi connectivity index (χ0v) is 14.4. The molecule has 1 aliphatic rings. The average Bonchev–Trinajstić information content (AvgIpc) is 3.25. The molecule has 1 N–H and O–H groups in total. The molecule has 1 aliphatic carbocycles. The number of ether oxygens (including phenoxy) is 1. The van der Waals surface area contributed by atoms with E-state index in [2.05, 4.69) is 16.3 Å². The highest BCUT2D eigenvalue weighted by molar-refractivity contribution is 7.91. The van der Waals surface area contributed by atoms with Crippen molar-refractivity contribution in [3.8, 4) is 17.6 Å². The third-order valence-electron chi connectivity index (χ3n) is 4.35. The minimum Gasteiger partial charge on any atom is -0.452 e. The van der Waals surface area contributed by atoms with Gasteiger partial charge >= 0.3 is 0 Å². The Morgan fingerprint density at radius 3 is 2.79 bits per heavy atom. The average molecular weight is 345 g/mol. The molecule has 1 aromatic heterocycles. The lowest BCUT2D eigenvalue weighted by Crippen LogP contribution is -2.25. The quantitative estimate of drug-likeness (QED) is 0.868. The Hall–Kier alpha value is -2.33. The van der Waals surface area contributed by atoms with Crippen LogP contribution in [0.15, 0.2) is 24.4 Å². The molecule has 1 aromatic carbocycles. The van der Waals surface area contributed by atoms with Gasteiger partial charge in [0.1, 0.15) is 11.8 Å². The molecule has 2 aromatic rings. The molecule has 0 amide bonds. The highest BCUT2D eigenvalue weighted by atomic mass is 32.2. The minimum absolute atomic E-state index is 0.213. The van der Waals surface area contributed by atoms with Gasteiger partial charge in [0.2, 0.25) is 0 Å². The van der Waals surface area contributed by atoms with Gasteiger partial charge in [0.05, 0.1) is 22.7 Å². The first-order chi connectivity index (χ1) is 11.4. The van der Waals surface area contributed by atoms with Crippen molar-refractivity contribution < 1.29 is 13.2 Å². The van der Waals surface area contributed by atoms with Crippen LogP contribution in [0, 0.1) is 24.2 Å². The highest BCUT2D eigenvalue weighted by Crippen LogP contribution is 2.39. The lowest BCUT2D eigenvalue weighted by molar-refractivity contribution is 0.472. The van der Waals surface area contributed by atoms with E-state index in [4.69, 9.17) is 4.74 Å². The van der Waals surface area contributed by atoms with Gasteiger partial charge in [-0.25, -0.2) is 8.42 Å². The van der Waals surface area contributed by atoms with Gasteiger partial charge in [-0.05, 0) is 37.3 Å². The molecule has 1 heterocycles. The molecule has 0 radical (unpaired) electrons. The second-order valence-corrected chi connectivity index (χ2v) is 8.55. The maximum absolute atomic E-state index is 12.0. The lowest BCUT2D eigenvalue weighted by atomic mass is 10.1. The molecule has 1 atom stereocenters. The molecule has 0 spiro atoms. The molecule has 1 saturated carbocycles. The predicted molar refractivity (Wildman–Crippen MR) is 89.6 cm³/mol. The summed E-state index contributed by atoms with van der Waals surface area (Å²) in [6, 6.07) is 7.51. The van der Waals surface area contributed by atoms with Gasteiger partial charge in [-0.3, -0.25) is 5.10 Å². The Balaban J connectivity index is 1.86. The number of nitriles is 1. The normalized spacial score (nSPS) is 15.7. The molecule has 126 valence electrons. The fourth-order valence-corrected chi connectivity index (χ4v) is 4.30. The zero-order valence-electron chi connectivity index (χ0n) is 13.6. The third-order valence-corrected chi connectivity index (χ3v) is 6.00. The number of hydrogen-bond acceptors (Lipinski definition) is 5. The Bertz CT molecular complexity index is 892. The first-order valence-corrected chi connectivity index (χ1v) is 9.74. The van der Waals surface area contributed by atoms with E-state index in [0.717, 1.165) is 18.4 Å². The van der Waals surface area contributed by atoms with Gasteiger partial charge in [0, 0.05) is 12.7 Å². The number of nitrogens with one attached hydrogen (secondary N) is 1. The standard InChI is InChI=1S/C17H19N3O3S/c1-11-4-3-5-15(13(11)9-18)23-16-10-19-20-14(16)8-17(12-6-7-12)24(2,21)22/h3-5,10,12,17H,6-8H2,1-2H3,(H,19,20). The van der Waals surface area contributed by atoms with Crippen molar-refractivity contribution in [3.63, 3.8) is 0 Å². The van der Waals surface area contributed by atoms with Crippen LogP contribution in [-0.2, 0) is 16.3 Å². The molecule has 24 heavy (non-hydrogen) atoms. The summed E-state index contributed by atoms with van der Waals surface area (Å²) in [4.78, 5) is 0. The molecule has 6 nitrogen and oxygen atoms in total. The minimum atomic E-state index is -3.14. The number of aromatic nitrogens is 2. The van der Waals surface area contributed by atoms with Crippen molar-refractivity contribution >= 4 is 9.84 Å². The van der Waals surface area contributed by atoms with E-state index >= 15 is 0 Å². The van der Waals surface area contributed by atoms with Crippen molar-refractivity contribution in [2.24, 2.45) is 5.92 Å². The summed E-state index contributed by atoms with van der Waals surface area (Å²) in [6.07, 6.45) is 5.02. The first-order valence-electron chi connectivity index (χ1n) is 7.79. The molecule has 1 unspecified atom stereocenters. The first kappa shape index (κ1) is 16.5. The molecule has 0 bridgehead atoms. The number of sulfone groups is 1. The summed E-state index contributed by atoms with van der Waals surface area (Å²) in [5, 5.41) is 15.7. The van der Waals surface area contributed by atoms with Gasteiger partial charge in [-0.1, -0.05) is 12.1 Å². The summed E-state index contributed by atoms with van der Waals surface area (Å²) in [5.74, 6) is 1.12. The predicted octanol–water partition coefficient (Wildman–Crippen LogP) is 2.75. The van der Waals surface area contributed by atoms with Gasteiger partial charge < -0.3 is 4.74 Å². The van der Waals surface area contributed by atoms with Crippen LogP contribution in [0.25, 0.3) is 0 Å². The Morgan fingerprint density at radius 2 is 2.17 bits per heavy atom. The summed E-state index contributed by atoms with van der Waals surface area (Å²) in [7, 11) is -3.14. The summed E-state index contributed by atoms with van der Waals surface area (Å²) >= 11 is 0. The summed E-state index contributed by atoms with van der Waals surface area (Å²) in [5.41, 5.74) is 1.93. The van der Waals surface area contributed by atoms with Gasteiger partial charge in [-0.15, -0.1) is 0 Å².